The molecular weight excluding hydrogens is 238 g/mol. The summed E-state index contributed by atoms with van der Waals surface area (Å²) in [4.78, 5) is 1.47. The molecule has 0 unspecified atom stereocenters. The summed E-state index contributed by atoms with van der Waals surface area (Å²) in [5.74, 6) is 0. The van der Waals surface area contributed by atoms with Crippen LogP contribution in [0, 0.1) is 0 Å². The third-order valence-electron chi connectivity index (χ3n) is 2.59. The molecule has 2 aromatic carbocycles. The van der Waals surface area contributed by atoms with E-state index in [0.717, 1.165) is 5.39 Å². The van der Waals surface area contributed by atoms with E-state index in [1.165, 1.54) is 0 Å². The summed E-state index contributed by atoms with van der Waals surface area (Å²) in [6.07, 6.45) is 0. The van der Waals surface area contributed by atoms with E-state index in [4.69, 9.17) is 0 Å². The molecule has 2 rings (SSSR count). The molecule has 0 aromatic heterocycles. The number of rotatable bonds is 2. The monoisotopic (exact) mass is 250 g/mol. The number of benzene rings is 2. The van der Waals surface area contributed by atoms with E-state index in [9.17, 15) is 13.0 Å². The minimum Gasteiger partial charge on any atom is -0.744 e. The molecule has 0 N–H and O–H groups in total. The molecule has 0 aliphatic heterocycles. The van der Waals surface area contributed by atoms with Crippen molar-refractivity contribution in [2.45, 2.75) is 4.90 Å². The van der Waals surface area contributed by atoms with Crippen molar-refractivity contribution in [3.8, 4) is 0 Å². The maximum Gasteiger partial charge on any atom is 0.127 e. The minimum atomic E-state index is -4.50. The van der Waals surface area contributed by atoms with Crippen molar-refractivity contribution in [3.63, 3.8) is 0 Å². The lowest BCUT2D eigenvalue weighted by Gasteiger charge is -2.21. The molecular formula is C12H12NO3S-. The average molecular weight is 250 g/mol. The Bertz CT molecular complexity index is 663. The molecule has 0 saturated heterocycles. The highest BCUT2D eigenvalue weighted by Gasteiger charge is 2.14. The van der Waals surface area contributed by atoms with Gasteiger partial charge in [0, 0.05) is 19.5 Å². The molecule has 0 spiro atoms. The third-order valence-corrected chi connectivity index (χ3v) is 3.52. The summed E-state index contributed by atoms with van der Waals surface area (Å²) in [5, 5.41) is 1.21. The SMILES string of the molecule is CN(C)c1ccc2ccccc2c1S(=O)(=O)[O-]. The molecule has 0 bridgehead atoms. The fourth-order valence-electron chi connectivity index (χ4n) is 1.85. The molecule has 4 nitrogen and oxygen atoms in total. The summed E-state index contributed by atoms with van der Waals surface area (Å²) in [7, 11) is -1.08. The first-order valence-electron chi connectivity index (χ1n) is 5.06. The van der Waals surface area contributed by atoms with Crippen molar-refractivity contribution >= 4 is 26.6 Å². The van der Waals surface area contributed by atoms with Crippen molar-refractivity contribution in [1.29, 1.82) is 0 Å². The molecule has 0 amide bonds. The summed E-state index contributed by atoms with van der Waals surface area (Å²) < 4.78 is 34.2. The summed E-state index contributed by atoms with van der Waals surface area (Å²) in [6.45, 7) is 0. The molecule has 2 aromatic rings. The smallest absolute Gasteiger partial charge is 0.127 e. The van der Waals surface area contributed by atoms with E-state index in [0.29, 0.717) is 11.1 Å². The third kappa shape index (κ3) is 2.11. The molecule has 0 aliphatic carbocycles. The van der Waals surface area contributed by atoms with Gasteiger partial charge in [0.25, 0.3) is 0 Å². The number of hydrogen-bond acceptors (Lipinski definition) is 4. The number of hydrogen-bond donors (Lipinski definition) is 0. The van der Waals surface area contributed by atoms with E-state index < -0.39 is 10.1 Å². The van der Waals surface area contributed by atoms with E-state index in [1.54, 1.807) is 55.4 Å². The van der Waals surface area contributed by atoms with Crippen LogP contribution in [0.1, 0.15) is 0 Å². The van der Waals surface area contributed by atoms with E-state index in [-0.39, 0.29) is 4.90 Å². The van der Waals surface area contributed by atoms with Crippen LogP contribution in [0.2, 0.25) is 0 Å². The fourth-order valence-corrected chi connectivity index (χ4v) is 2.81. The van der Waals surface area contributed by atoms with Gasteiger partial charge >= 0.3 is 0 Å². The van der Waals surface area contributed by atoms with Crippen molar-refractivity contribution < 1.29 is 13.0 Å². The molecule has 0 aliphatic rings. The van der Waals surface area contributed by atoms with Crippen LogP contribution in [-0.4, -0.2) is 27.1 Å². The molecule has 5 heteroatoms. The zero-order chi connectivity index (χ0) is 12.6. The zero-order valence-electron chi connectivity index (χ0n) is 9.54. The van der Waals surface area contributed by atoms with Gasteiger partial charge in [0.1, 0.15) is 10.1 Å². The normalized spacial score (nSPS) is 11.7. The van der Waals surface area contributed by atoms with Crippen molar-refractivity contribution in [2.75, 3.05) is 19.0 Å². The first-order valence-corrected chi connectivity index (χ1v) is 6.47. The highest BCUT2D eigenvalue weighted by Crippen LogP contribution is 2.31. The molecule has 17 heavy (non-hydrogen) atoms. The second-order valence-electron chi connectivity index (χ2n) is 3.98. The predicted molar refractivity (Wildman–Crippen MR) is 66.2 cm³/mol. The molecule has 0 heterocycles. The van der Waals surface area contributed by atoms with Gasteiger partial charge in [-0.05, 0) is 11.5 Å². The lowest BCUT2D eigenvalue weighted by atomic mass is 10.1. The highest BCUT2D eigenvalue weighted by molar-refractivity contribution is 7.86. The number of anilines is 1. The molecule has 0 saturated carbocycles. The summed E-state index contributed by atoms with van der Waals surface area (Å²) >= 11 is 0. The number of fused-ring (bicyclic) bond motifs is 1. The lowest BCUT2D eigenvalue weighted by Crippen LogP contribution is -2.14. The zero-order valence-corrected chi connectivity index (χ0v) is 10.4. The Morgan fingerprint density at radius 1 is 1.06 bits per heavy atom. The van der Waals surface area contributed by atoms with E-state index >= 15 is 0 Å². The van der Waals surface area contributed by atoms with Gasteiger partial charge in [0.15, 0.2) is 0 Å². The maximum atomic E-state index is 11.4. The van der Waals surface area contributed by atoms with Crippen LogP contribution in [0.15, 0.2) is 41.3 Å². The first-order chi connectivity index (χ1) is 7.91. The van der Waals surface area contributed by atoms with E-state index in [1.807, 2.05) is 0 Å². The standard InChI is InChI=1S/C12H13NO3S/c1-13(2)11-8-7-9-5-3-4-6-10(9)12(11)17(14,15)16/h3-8H,1-2H3,(H,14,15,16)/p-1. The van der Waals surface area contributed by atoms with Crippen LogP contribution in [0.5, 0.6) is 0 Å². The second kappa shape index (κ2) is 4.01. The van der Waals surface area contributed by atoms with E-state index in [2.05, 4.69) is 0 Å². The van der Waals surface area contributed by atoms with Crippen LogP contribution in [0.4, 0.5) is 5.69 Å². The van der Waals surface area contributed by atoms with Gasteiger partial charge in [-0.25, -0.2) is 8.42 Å². The van der Waals surface area contributed by atoms with Gasteiger partial charge in [-0.3, -0.25) is 0 Å². The predicted octanol–water partition coefficient (Wildman–Crippen LogP) is 1.81. The van der Waals surface area contributed by atoms with Crippen LogP contribution >= 0.6 is 0 Å². The molecule has 0 atom stereocenters. The highest BCUT2D eigenvalue weighted by atomic mass is 32.2. The topological polar surface area (TPSA) is 60.4 Å². The first kappa shape index (κ1) is 11.9. The van der Waals surface area contributed by atoms with Crippen molar-refractivity contribution in [1.82, 2.24) is 0 Å². The van der Waals surface area contributed by atoms with Gasteiger partial charge in [0.05, 0.1) is 10.6 Å². The Hall–Kier alpha value is -1.59. The Kier molecular flexibility index (Phi) is 2.81. The van der Waals surface area contributed by atoms with Gasteiger partial charge in [-0.1, -0.05) is 30.3 Å². The number of nitrogens with zero attached hydrogens (tertiary/aromatic N) is 1. The Labute approximate surface area is 100 Å². The van der Waals surface area contributed by atoms with Gasteiger partial charge in [-0.15, -0.1) is 0 Å². The van der Waals surface area contributed by atoms with Crippen molar-refractivity contribution in [3.05, 3.63) is 36.4 Å². The quantitative estimate of drug-likeness (QED) is 0.763. The summed E-state index contributed by atoms with van der Waals surface area (Å²) in [5.41, 5.74) is 0.415. The fraction of sp³-hybridized carbons (Fsp3) is 0.167. The van der Waals surface area contributed by atoms with Gasteiger partial charge < -0.3 is 9.45 Å². The van der Waals surface area contributed by atoms with Crippen LogP contribution in [-0.2, 0) is 10.1 Å². The Morgan fingerprint density at radius 2 is 1.71 bits per heavy atom. The van der Waals surface area contributed by atoms with Crippen molar-refractivity contribution in [2.24, 2.45) is 0 Å². The Balaban J connectivity index is 2.95. The second-order valence-corrected chi connectivity index (χ2v) is 5.30. The van der Waals surface area contributed by atoms with Crippen LogP contribution in [0.3, 0.4) is 0 Å². The maximum absolute atomic E-state index is 11.4. The minimum absolute atomic E-state index is 0.152. The van der Waals surface area contributed by atoms with Gasteiger partial charge in [-0.2, -0.15) is 0 Å². The summed E-state index contributed by atoms with van der Waals surface area (Å²) in [6, 6.07) is 10.4. The molecule has 90 valence electrons. The Morgan fingerprint density at radius 3 is 2.29 bits per heavy atom. The molecule has 0 fully saturated rings. The molecule has 0 radical (unpaired) electrons. The van der Waals surface area contributed by atoms with Crippen LogP contribution < -0.4 is 4.90 Å². The average Bonchev–Trinajstić information content (AvgIpc) is 2.26. The lowest BCUT2D eigenvalue weighted by molar-refractivity contribution is 0.464. The van der Waals surface area contributed by atoms with Crippen LogP contribution in [0.25, 0.3) is 10.8 Å². The largest absolute Gasteiger partial charge is 0.744 e. The van der Waals surface area contributed by atoms with Gasteiger partial charge in [0.2, 0.25) is 0 Å².